The van der Waals surface area contributed by atoms with Crippen LogP contribution in [0.3, 0.4) is 0 Å². The largest absolute Gasteiger partial charge is 0.382 e. The van der Waals surface area contributed by atoms with E-state index < -0.39 is 0 Å². The van der Waals surface area contributed by atoms with Crippen LogP contribution in [0, 0.1) is 23.1 Å². The van der Waals surface area contributed by atoms with Gasteiger partial charge in [-0.05, 0) is 43.9 Å². The fourth-order valence-electron chi connectivity index (χ4n) is 1.66. The molecule has 1 aromatic carbocycles. The van der Waals surface area contributed by atoms with E-state index in [4.69, 9.17) is 5.26 Å². The van der Waals surface area contributed by atoms with E-state index in [-0.39, 0.29) is 11.9 Å². The summed E-state index contributed by atoms with van der Waals surface area (Å²) in [5.41, 5.74) is 1.08. The molecule has 0 aliphatic heterocycles. The molecule has 0 heterocycles. The minimum absolute atomic E-state index is 0.287. The number of hydrogen-bond donors (Lipinski definition) is 1. The predicted molar refractivity (Wildman–Crippen MR) is 68.3 cm³/mol. The van der Waals surface area contributed by atoms with Gasteiger partial charge in [0.2, 0.25) is 0 Å². The van der Waals surface area contributed by atoms with Gasteiger partial charge in [0.15, 0.2) is 0 Å². The number of hydrogen-bond acceptors (Lipinski definition) is 2. The first-order valence-electron chi connectivity index (χ1n) is 5.99. The molecule has 0 aliphatic rings. The van der Waals surface area contributed by atoms with Crippen molar-refractivity contribution in [1.82, 2.24) is 0 Å². The van der Waals surface area contributed by atoms with Crippen molar-refractivity contribution in [3.05, 3.63) is 29.6 Å². The highest BCUT2D eigenvalue weighted by molar-refractivity contribution is 5.57. The summed E-state index contributed by atoms with van der Waals surface area (Å²) in [5, 5.41) is 12.2. The van der Waals surface area contributed by atoms with Crippen molar-refractivity contribution in [2.75, 3.05) is 5.32 Å². The third-order valence-electron chi connectivity index (χ3n) is 2.68. The zero-order chi connectivity index (χ0) is 12.8. The van der Waals surface area contributed by atoms with Gasteiger partial charge in [-0.3, -0.25) is 0 Å². The zero-order valence-electron chi connectivity index (χ0n) is 10.6. The summed E-state index contributed by atoms with van der Waals surface area (Å²) in [6.45, 7) is 6.45. The Kier molecular flexibility index (Phi) is 4.96. The lowest BCUT2D eigenvalue weighted by Crippen LogP contribution is -2.16. The second-order valence-corrected chi connectivity index (χ2v) is 4.82. The van der Waals surface area contributed by atoms with Crippen molar-refractivity contribution in [2.24, 2.45) is 5.92 Å². The van der Waals surface area contributed by atoms with Gasteiger partial charge in [0.05, 0.1) is 11.3 Å². The highest BCUT2D eigenvalue weighted by atomic mass is 19.1. The molecule has 1 unspecified atom stereocenters. The van der Waals surface area contributed by atoms with Gasteiger partial charge in [0.1, 0.15) is 11.9 Å². The summed E-state index contributed by atoms with van der Waals surface area (Å²) in [4.78, 5) is 0. The van der Waals surface area contributed by atoms with Gasteiger partial charge in [0, 0.05) is 6.04 Å². The van der Waals surface area contributed by atoms with Crippen molar-refractivity contribution >= 4 is 5.69 Å². The fourth-order valence-corrected chi connectivity index (χ4v) is 1.66. The monoisotopic (exact) mass is 234 g/mol. The van der Waals surface area contributed by atoms with Crippen molar-refractivity contribution in [2.45, 2.75) is 39.7 Å². The van der Waals surface area contributed by atoms with Gasteiger partial charge >= 0.3 is 0 Å². The van der Waals surface area contributed by atoms with Crippen LogP contribution in [0.1, 0.15) is 39.2 Å². The van der Waals surface area contributed by atoms with Crippen molar-refractivity contribution in [3.63, 3.8) is 0 Å². The number of nitrogens with zero attached hydrogens (tertiary/aromatic N) is 1. The summed E-state index contributed by atoms with van der Waals surface area (Å²) in [7, 11) is 0. The lowest BCUT2D eigenvalue weighted by molar-refractivity contribution is 0.527. The van der Waals surface area contributed by atoms with Gasteiger partial charge in [-0.1, -0.05) is 13.8 Å². The normalized spacial score (nSPS) is 12.2. The van der Waals surface area contributed by atoms with Crippen LogP contribution in [0.25, 0.3) is 0 Å². The van der Waals surface area contributed by atoms with E-state index >= 15 is 0 Å². The Balaban J connectivity index is 2.65. The number of anilines is 1. The lowest BCUT2D eigenvalue weighted by Gasteiger charge is -2.17. The molecule has 2 nitrogen and oxygen atoms in total. The number of benzene rings is 1. The molecule has 0 saturated carbocycles. The number of nitrogens with one attached hydrogen (secondary N) is 1. The van der Waals surface area contributed by atoms with Crippen LogP contribution in [-0.4, -0.2) is 6.04 Å². The van der Waals surface area contributed by atoms with Crippen LogP contribution >= 0.6 is 0 Å². The van der Waals surface area contributed by atoms with Gasteiger partial charge in [-0.15, -0.1) is 0 Å². The van der Waals surface area contributed by atoms with Crippen molar-refractivity contribution < 1.29 is 4.39 Å². The van der Waals surface area contributed by atoms with Crippen LogP contribution in [-0.2, 0) is 0 Å². The predicted octanol–water partition coefficient (Wildman–Crippen LogP) is 3.93. The highest BCUT2D eigenvalue weighted by Crippen LogP contribution is 2.18. The number of halogens is 1. The van der Waals surface area contributed by atoms with Crippen LogP contribution in [0.4, 0.5) is 10.1 Å². The molecular formula is C14H19FN2. The second kappa shape index (κ2) is 6.24. The average Bonchev–Trinajstić information content (AvgIpc) is 2.28. The molecule has 3 heteroatoms. The Morgan fingerprint density at radius 2 is 2.00 bits per heavy atom. The van der Waals surface area contributed by atoms with Crippen molar-refractivity contribution in [1.29, 1.82) is 5.26 Å². The Morgan fingerprint density at radius 1 is 1.29 bits per heavy atom. The molecule has 1 atom stereocenters. The molecule has 0 fully saturated rings. The second-order valence-electron chi connectivity index (χ2n) is 4.82. The van der Waals surface area contributed by atoms with Gasteiger partial charge in [0.25, 0.3) is 0 Å². The summed E-state index contributed by atoms with van der Waals surface area (Å²) in [5.74, 6) is 0.296. The molecule has 0 radical (unpaired) electrons. The Hall–Kier alpha value is -1.56. The highest BCUT2D eigenvalue weighted by Gasteiger charge is 2.08. The minimum atomic E-state index is -0.373. The molecular weight excluding hydrogens is 215 g/mol. The van der Waals surface area contributed by atoms with Gasteiger partial charge < -0.3 is 5.32 Å². The molecule has 0 bridgehead atoms. The van der Waals surface area contributed by atoms with Crippen LogP contribution < -0.4 is 5.32 Å². The Morgan fingerprint density at radius 3 is 2.59 bits per heavy atom. The smallest absolute Gasteiger partial charge is 0.124 e. The van der Waals surface area contributed by atoms with Crippen LogP contribution in [0.2, 0.25) is 0 Å². The minimum Gasteiger partial charge on any atom is -0.382 e. The molecule has 1 aromatic rings. The third-order valence-corrected chi connectivity index (χ3v) is 2.68. The summed E-state index contributed by atoms with van der Waals surface area (Å²) in [6.07, 6.45) is 2.18. The maximum absolute atomic E-state index is 12.9. The average molecular weight is 234 g/mol. The molecule has 92 valence electrons. The lowest BCUT2D eigenvalue weighted by atomic mass is 10.0. The Labute approximate surface area is 102 Å². The van der Waals surface area contributed by atoms with E-state index in [2.05, 4.69) is 26.1 Å². The molecule has 1 N–H and O–H groups in total. The molecule has 0 aromatic heterocycles. The topological polar surface area (TPSA) is 35.8 Å². The quantitative estimate of drug-likeness (QED) is 0.837. The van der Waals surface area contributed by atoms with E-state index in [9.17, 15) is 4.39 Å². The van der Waals surface area contributed by atoms with Gasteiger partial charge in [-0.25, -0.2) is 4.39 Å². The maximum atomic E-state index is 12.9. The molecule has 0 amide bonds. The number of rotatable bonds is 5. The molecule has 17 heavy (non-hydrogen) atoms. The molecule has 0 aliphatic carbocycles. The standard InChI is InChI=1S/C14H19FN2/c1-10(2)4-5-11(3)17-14-7-6-13(15)8-12(14)9-16/h6-8,10-11,17H,4-5H2,1-3H3. The first kappa shape index (κ1) is 13.5. The van der Waals surface area contributed by atoms with Crippen LogP contribution in [0.15, 0.2) is 18.2 Å². The van der Waals surface area contributed by atoms with E-state index in [0.29, 0.717) is 17.2 Å². The summed E-state index contributed by atoms with van der Waals surface area (Å²) >= 11 is 0. The van der Waals surface area contributed by atoms with E-state index in [1.165, 1.54) is 12.1 Å². The summed E-state index contributed by atoms with van der Waals surface area (Å²) < 4.78 is 12.9. The SMILES string of the molecule is CC(C)CCC(C)Nc1ccc(F)cc1C#N. The first-order chi connectivity index (χ1) is 8.02. The number of nitriles is 1. The fraction of sp³-hybridized carbons (Fsp3) is 0.500. The van der Waals surface area contributed by atoms with E-state index in [1.807, 2.05) is 6.07 Å². The van der Waals surface area contributed by atoms with Gasteiger partial charge in [-0.2, -0.15) is 5.26 Å². The zero-order valence-corrected chi connectivity index (χ0v) is 10.6. The van der Waals surface area contributed by atoms with E-state index in [0.717, 1.165) is 12.8 Å². The van der Waals surface area contributed by atoms with Crippen LogP contribution in [0.5, 0.6) is 0 Å². The summed E-state index contributed by atoms with van der Waals surface area (Å²) in [6, 6.07) is 6.55. The van der Waals surface area contributed by atoms with Crippen molar-refractivity contribution in [3.8, 4) is 6.07 Å². The molecule has 0 spiro atoms. The van der Waals surface area contributed by atoms with E-state index in [1.54, 1.807) is 6.07 Å². The third kappa shape index (κ3) is 4.44. The molecule has 1 rings (SSSR count). The Bertz CT molecular complexity index is 407. The first-order valence-corrected chi connectivity index (χ1v) is 5.99. The maximum Gasteiger partial charge on any atom is 0.124 e. The molecule has 0 saturated heterocycles.